The molecule has 0 radical (unpaired) electrons. The molecule has 0 atom stereocenters. The maximum Gasteiger partial charge on any atom is 0.155 e. The lowest BCUT2D eigenvalue weighted by atomic mass is 10.2. The van der Waals surface area contributed by atoms with Crippen molar-refractivity contribution in [3.8, 4) is 11.5 Å². The molecule has 1 N–H and O–H groups in total. The van der Waals surface area contributed by atoms with E-state index in [0.717, 1.165) is 11.2 Å². The average Bonchev–Trinajstić information content (AvgIpc) is 2.35. The fourth-order valence-electron chi connectivity index (χ4n) is 1.62. The quantitative estimate of drug-likeness (QED) is 0.353. The number of fused-ring (bicyclic) bond motifs is 2. The minimum absolute atomic E-state index is 0.452. The van der Waals surface area contributed by atoms with E-state index in [2.05, 4.69) is 10.1 Å². The molecule has 0 unspecified atom stereocenters. The number of benzene rings is 2. The van der Waals surface area contributed by atoms with Crippen molar-refractivity contribution in [3.63, 3.8) is 0 Å². The fourth-order valence-corrected chi connectivity index (χ4v) is 1.62. The van der Waals surface area contributed by atoms with Gasteiger partial charge in [-0.25, -0.2) is 4.98 Å². The lowest BCUT2D eigenvalue weighted by Gasteiger charge is -2.04. The molecule has 4 heteroatoms. The molecule has 1 aromatic carbocycles. The molecule has 0 fully saturated rings. The summed E-state index contributed by atoms with van der Waals surface area (Å²) in [5.41, 5.74) is 2.26. The third-order valence-corrected chi connectivity index (χ3v) is 2.38. The van der Waals surface area contributed by atoms with Crippen LogP contribution in [-0.4, -0.2) is 10.2 Å². The van der Waals surface area contributed by atoms with Gasteiger partial charge >= 0.3 is 0 Å². The molecule has 3 rings (SSSR count). The van der Waals surface area contributed by atoms with Gasteiger partial charge in [-0.3, -0.25) is 0 Å². The van der Waals surface area contributed by atoms with Crippen LogP contribution in [0.5, 0.6) is 0 Å². The third-order valence-electron chi connectivity index (χ3n) is 2.38. The zero-order valence-electron chi connectivity index (χ0n) is 8.29. The lowest BCUT2D eigenvalue weighted by Crippen LogP contribution is -2.01. The summed E-state index contributed by atoms with van der Waals surface area (Å²) in [5, 5.41) is 12.2. The Kier molecular flexibility index (Phi) is 1.86. The number of nitrogens with zero attached hydrogens (tertiary/aromatic N) is 2. The molecule has 0 spiro atoms. The van der Waals surface area contributed by atoms with E-state index in [-0.39, 0.29) is 0 Å². The molecule has 78 valence electrons. The van der Waals surface area contributed by atoms with Gasteiger partial charge in [0.2, 0.25) is 0 Å². The van der Waals surface area contributed by atoms with Gasteiger partial charge in [0.15, 0.2) is 11.3 Å². The Morgan fingerprint density at radius 1 is 1.12 bits per heavy atom. The molecule has 4 nitrogen and oxygen atoms in total. The summed E-state index contributed by atoms with van der Waals surface area (Å²) in [5.74, 6) is 0.606. The van der Waals surface area contributed by atoms with Gasteiger partial charge in [0.25, 0.3) is 0 Å². The van der Waals surface area contributed by atoms with Crippen molar-refractivity contribution in [2.24, 2.45) is 5.16 Å². The normalized spacial score (nSPS) is 12.4. The molecular formula is C12H8N2O2. The topological polar surface area (TPSA) is 58.6 Å². The van der Waals surface area contributed by atoms with E-state index in [1.165, 1.54) is 0 Å². The van der Waals surface area contributed by atoms with Crippen LogP contribution >= 0.6 is 0 Å². The van der Waals surface area contributed by atoms with Crippen LogP contribution < -0.4 is 5.36 Å². The monoisotopic (exact) mass is 212 g/mol. The summed E-state index contributed by atoms with van der Waals surface area (Å²) >= 11 is 0. The van der Waals surface area contributed by atoms with E-state index in [9.17, 15) is 0 Å². The minimum Gasteiger partial charge on any atom is -0.453 e. The lowest BCUT2D eigenvalue weighted by molar-refractivity contribution is 0.301. The molecule has 0 saturated heterocycles. The molecule has 1 heterocycles. The SMILES string of the molecule is ON=c1ccc2nc3ccccc3oc-2c1. The van der Waals surface area contributed by atoms with Crippen LogP contribution in [0.25, 0.3) is 22.6 Å². The van der Waals surface area contributed by atoms with E-state index in [1.807, 2.05) is 24.3 Å². The van der Waals surface area contributed by atoms with Crippen molar-refractivity contribution in [1.29, 1.82) is 0 Å². The molecule has 1 aliphatic carbocycles. The van der Waals surface area contributed by atoms with Gasteiger partial charge < -0.3 is 9.62 Å². The second-order valence-corrected chi connectivity index (χ2v) is 3.43. The van der Waals surface area contributed by atoms with E-state index in [4.69, 9.17) is 9.62 Å². The molecule has 0 amide bonds. The Morgan fingerprint density at radius 2 is 2.00 bits per heavy atom. The summed E-state index contributed by atoms with van der Waals surface area (Å²) < 4.78 is 5.66. The molecule has 0 saturated carbocycles. The van der Waals surface area contributed by atoms with Crippen LogP contribution in [0.1, 0.15) is 0 Å². The van der Waals surface area contributed by atoms with Gasteiger partial charge in [-0.1, -0.05) is 17.3 Å². The van der Waals surface area contributed by atoms with Crippen LogP contribution in [-0.2, 0) is 0 Å². The fraction of sp³-hybridized carbons (Fsp3) is 0. The highest BCUT2D eigenvalue weighted by molar-refractivity contribution is 5.75. The van der Waals surface area contributed by atoms with Gasteiger partial charge in [0.05, 0.1) is 0 Å². The highest BCUT2D eigenvalue weighted by Gasteiger charge is 2.07. The van der Waals surface area contributed by atoms with Crippen molar-refractivity contribution in [2.45, 2.75) is 0 Å². The largest absolute Gasteiger partial charge is 0.453 e. The molecule has 1 aliphatic heterocycles. The van der Waals surface area contributed by atoms with Crippen molar-refractivity contribution in [3.05, 3.63) is 47.8 Å². The summed E-state index contributed by atoms with van der Waals surface area (Å²) in [6, 6.07) is 12.6. The molecule has 2 aliphatic rings. The first kappa shape index (κ1) is 8.91. The standard InChI is InChI=1S/C12H8N2O2/c15-14-8-5-6-10-12(7-8)16-11-4-2-1-3-9(11)13-10/h1-7,15H. The van der Waals surface area contributed by atoms with Crippen LogP contribution in [0, 0.1) is 0 Å². The van der Waals surface area contributed by atoms with Crippen molar-refractivity contribution in [1.82, 2.24) is 4.98 Å². The number of hydrogen-bond donors (Lipinski definition) is 1. The van der Waals surface area contributed by atoms with Crippen LogP contribution in [0.3, 0.4) is 0 Å². The predicted octanol–water partition coefficient (Wildman–Crippen LogP) is 2.22. The smallest absolute Gasteiger partial charge is 0.155 e. The third kappa shape index (κ3) is 1.32. The number of aromatic nitrogens is 1. The Hall–Kier alpha value is -2.36. The van der Waals surface area contributed by atoms with Gasteiger partial charge in [-0.05, 0) is 24.3 Å². The van der Waals surface area contributed by atoms with E-state index in [1.54, 1.807) is 18.2 Å². The predicted molar refractivity (Wildman–Crippen MR) is 58.0 cm³/mol. The first-order valence-corrected chi connectivity index (χ1v) is 4.84. The maximum atomic E-state index is 8.67. The average molecular weight is 212 g/mol. The van der Waals surface area contributed by atoms with Gasteiger partial charge in [0.1, 0.15) is 16.6 Å². The summed E-state index contributed by atoms with van der Waals surface area (Å²) in [4.78, 5) is 4.44. The molecule has 1 aromatic rings. The number of hydrogen-bond acceptors (Lipinski definition) is 4. The van der Waals surface area contributed by atoms with Gasteiger partial charge in [-0.2, -0.15) is 0 Å². The Bertz CT molecular complexity index is 688. The molecular weight excluding hydrogens is 204 g/mol. The Labute approximate surface area is 90.8 Å². The Morgan fingerprint density at radius 3 is 2.88 bits per heavy atom. The van der Waals surface area contributed by atoms with Crippen LogP contribution in [0.2, 0.25) is 0 Å². The number of rotatable bonds is 0. The molecule has 16 heavy (non-hydrogen) atoms. The molecule has 0 bridgehead atoms. The highest BCUT2D eigenvalue weighted by atomic mass is 16.4. The first-order chi connectivity index (χ1) is 7.86. The summed E-state index contributed by atoms with van der Waals surface area (Å²) in [7, 11) is 0. The maximum absolute atomic E-state index is 8.67. The highest BCUT2D eigenvalue weighted by Crippen LogP contribution is 2.22. The van der Waals surface area contributed by atoms with Crippen LogP contribution in [0.15, 0.2) is 52.0 Å². The summed E-state index contributed by atoms with van der Waals surface area (Å²) in [6.45, 7) is 0. The van der Waals surface area contributed by atoms with Gasteiger partial charge in [-0.15, -0.1) is 0 Å². The van der Waals surface area contributed by atoms with Crippen molar-refractivity contribution >= 4 is 11.1 Å². The van der Waals surface area contributed by atoms with Crippen molar-refractivity contribution < 1.29 is 9.62 Å². The minimum atomic E-state index is 0.452. The summed E-state index contributed by atoms with van der Waals surface area (Å²) in [6.07, 6.45) is 0. The Balaban J connectivity index is 2.44. The second kappa shape index (κ2) is 3.34. The van der Waals surface area contributed by atoms with Crippen LogP contribution in [0.4, 0.5) is 0 Å². The molecule has 0 aromatic heterocycles. The van der Waals surface area contributed by atoms with Crippen molar-refractivity contribution in [2.75, 3.05) is 0 Å². The first-order valence-electron chi connectivity index (χ1n) is 4.84. The van der Waals surface area contributed by atoms with E-state index < -0.39 is 0 Å². The van der Waals surface area contributed by atoms with Gasteiger partial charge in [0, 0.05) is 6.07 Å². The second-order valence-electron chi connectivity index (χ2n) is 3.43. The zero-order chi connectivity index (χ0) is 11.0. The number of para-hydroxylation sites is 2. The van der Waals surface area contributed by atoms with E-state index in [0.29, 0.717) is 16.7 Å². The zero-order valence-corrected chi connectivity index (χ0v) is 8.29. The van der Waals surface area contributed by atoms with E-state index >= 15 is 0 Å².